The molecule has 2 rings (SSSR count). The third kappa shape index (κ3) is 1.98. The standard InChI is InChI=1S/C13H13NO2/c1-14-8-4-6-11(13(14)16)9-10-5-2-3-7-12(10)15/h2-8,15H,9H2,1H3. The fourth-order valence-electron chi connectivity index (χ4n) is 1.65. The van der Waals surface area contributed by atoms with Gasteiger partial charge in [-0.3, -0.25) is 4.79 Å². The van der Waals surface area contributed by atoms with E-state index in [1.165, 1.54) is 4.57 Å². The van der Waals surface area contributed by atoms with Crippen molar-refractivity contribution in [2.24, 2.45) is 7.05 Å². The lowest BCUT2D eigenvalue weighted by atomic mass is 10.1. The first-order valence-electron chi connectivity index (χ1n) is 5.10. The molecule has 0 atom stereocenters. The third-order valence-corrected chi connectivity index (χ3v) is 2.57. The van der Waals surface area contributed by atoms with Crippen LogP contribution in [0.15, 0.2) is 47.4 Å². The number of para-hydroxylation sites is 1. The molecule has 0 saturated carbocycles. The second kappa shape index (κ2) is 4.23. The number of aromatic hydroxyl groups is 1. The van der Waals surface area contributed by atoms with Gasteiger partial charge >= 0.3 is 0 Å². The molecule has 82 valence electrons. The Labute approximate surface area is 93.6 Å². The van der Waals surface area contributed by atoms with Crippen LogP contribution >= 0.6 is 0 Å². The van der Waals surface area contributed by atoms with Gasteiger partial charge in [0.25, 0.3) is 5.56 Å². The zero-order chi connectivity index (χ0) is 11.5. The molecule has 3 nitrogen and oxygen atoms in total. The predicted octanol–water partition coefficient (Wildman–Crippen LogP) is 1.68. The fourth-order valence-corrected chi connectivity index (χ4v) is 1.65. The van der Waals surface area contributed by atoms with Crippen LogP contribution in [0.4, 0.5) is 0 Å². The smallest absolute Gasteiger partial charge is 0.253 e. The molecule has 0 aliphatic rings. The van der Waals surface area contributed by atoms with Crippen LogP contribution in [0.25, 0.3) is 0 Å². The van der Waals surface area contributed by atoms with Crippen molar-refractivity contribution >= 4 is 0 Å². The molecule has 16 heavy (non-hydrogen) atoms. The third-order valence-electron chi connectivity index (χ3n) is 2.57. The molecule has 1 aromatic heterocycles. The van der Waals surface area contributed by atoms with E-state index < -0.39 is 0 Å². The Morgan fingerprint density at radius 1 is 1.12 bits per heavy atom. The van der Waals surface area contributed by atoms with Gasteiger partial charge in [-0.05, 0) is 17.7 Å². The molecular weight excluding hydrogens is 202 g/mol. The molecule has 0 spiro atoms. The molecule has 0 radical (unpaired) electrons. The Bertz CT molecular complexity index is 558. The van der Waals surface area contributed by atoms with E-state index in [1.54, 1.807) is 31.4 Å². The van der Waals surface area contributed by atoms with Gasteiger partial charge in [-0.15, -0.1) is 0 Å². The van der Waals surface area contributed by atoms with E-state index in [9.17, 15) is 9.90 Å². The number of rotatable bonds is 2. The summed E-state index contributed by atoms with van der Waals surface area (Å²) < 4.78 is 1.54. The lowest BCUT2D eigenvalue weighted by molar-refractivity contribution is 0.469. The van der Waals surface area contributed by atoms with Gasteiger partial charge < -0.3 is 9.67 Å². The monoisotopic (exact) mass is 215 g/mol. The van der Waals surface area contributed by atoms with E-state index in [2.05, 4.69) is 0 Å². The summed E-state index contributed by atoms with van der Waals surface area (Å²) in [5, 5.41) is 9.62. The Morgan fingerprint density at radius 3 is 2.56 bits per heavy atom. The Morgan fingerprint density at radius 2 is 1.81 bits per heavy atom. The summed E-state index contributed by atoms with van der Waals surface area (Å²) in [6, 6.07) is 10.7. The van der Waals surface area contributed by atoms with E-state index in [1.807, 2.05) is 18.2 Å². The maximum atomic E-state index is 11.8. The average Bonchev–Trinajstić information content (AvgIpc) is 2.28. The molecule has 0 unspecified atom stereocenters. The number of nitrogens with zero attached hydrogens (tertiary/aromatic N) is 1. The van der Waals surface area contributed by atoms with Crippen molar-refractivity contribution in [3.05, 3.63) is 64.1 Å². The van der Waals surface area contributed by atoms with E-state index >= 15 is 0 Å². The van der Waals surface area contributed by atoms with Gasteiger partial charge in [-0.25, -0.2) is 0 Å². The SMILES string of the molecule is Cn1cccc(Cc2ccccc2O)c1=O. The molecule has 0 saturated heterocycles. The molecule has 0 fully saturated rings. The molecule has 1 N–H and O–H groups in total. The topological polar surface area (TPSA) is 42.2 Å². The molecule has 0 amide bonds. The zero-order valence-corrected chi connectivity index (χ0v) is 9.05. The summed E-state index contributed by atoms with van der Waals surface area (Å²) in [7, 11) is 1.72. The van der Waals surface area contributed by atoms with Crippen molar-refractivity contribution in [2.75, 3.05) is 0 Å². The first-order chi connectivity index (χ1) is 7.68. The minimum atomic E-state index is -0.0225. The number of phenolic OH excluding ortho intramolecular Hbond substituents is 1. The highest BCUT2D eigenvalue weighted by Crippen LogP contribution is 2.17. The Hall–Kier alpha value is -2.03. The Kier molecular flexibility index (Phi) is 2.77. The number of aryl methyl sites for hydroxylation is 1. The second-order valence-electron chi connectivity index (χ2n) is 3.75. The lowest BCUT2D eigenvalue weighted by Gasteiger charge is -2.05. The molecule has 0 aliphatic carbocycles. The summed E-state index contributed by atoms with van der Waals surface area (Å²) in [6.45, 7) is 0. The molecule has 1 aromatic carbocycles. The Balaban J connectivity index is 2.39. The predicted molar refractivity (Wildman–Crippen MR) is 62.6 cm³/mol. The van der Waals surface area contributed by atoms with Crippen LogP contribution < -0.4 is 5.56 Å². The largest absolute Gasteiger partial charge is 0.508 e. The summed E-state index contributed by atoms with van der Waals surface area (Å²) in [6.07, 6.45) is 2.18. The number of pyridine rings is 1. The maximum absolute atomic E-state index is 11.8. The highest BCUT2D eigenvalue weighted by molar-refractivity contribution is 5.35. The first kappa shape index (κ1) is 10.5. The number of benzene rings is 1. The fraction of sp³-hybridized carbons (Fsp3) is 0.154. The van der Waals surface area contributed by atoms with Crippen LogP contribution in [0.5, 0.6) is 5.75 Å². The van der Waals surface area contributed by atoms with Crippen molar-refractivity contribution in [3.8, 4) is 5.75 Å². The van der Waals surface area contributed by atoms with Gasteiger partial charge in [0.1, 0.15) is 5.75 Å². The molecular formula is C13H13NO2. The maximum Gasteiger partial charge on any atom is 0.253 e. The average molecular weight is 215 g/mol. The van der Waals surface area contributed by atoms with Crippen LogP contribution in [-0.4, -0.2) is 9.67 Å². The van der Waals surface area contributed by atoms with Gasteiger partial charge in [-0.2, -0.15) is 0 Å². The van der Waals surface area contributed by atoms with Gasteiger partial charge in [0.2, 0.25) is 0 Å². The highest BCUT2D eigenvalue weighted by Gasteiger charge is 2.05. The number of phenols is 1. The lowest BCUT2D eigenvalue weighted by Crippen LogP contribution is -2.20. The molecule has 0 bridgehead atoms. The minimum Gasteiger partial charge on any atom is -0.508 e. The quantitative estimate of drug-likeness (QED) is 0.828. The van der Waals surface area contributed by atoms with Crippen molar-refractivity contribution < 1.29 is 5.11 Å². The van der Waals surface area contributed by atoms with Crippen LogP contribution in [-0.2, 0) is 13.5 Å². The van der Waals surface area contributed by atoms with Crippen LogP contribution in [0.3, 0.4) is 0 Å². The van der Waals surface area contributed by atoms with Gasteiger partial charge in [-0.1, -0.05) is 24.3 Å². The summed E-state index contributed by atoms with van der Waals surface area (Å²) in [5.74, 6) is 0.230. The summed E-state index contributed by atoms with van der Waals surface area (Å²) >= 11 is 0. The number of aromatic nitrogens is 1. The number of hydrogen-bond donors (Lipinski definition) is 1. The highest BCUT2D eigenvalue weighted by atomic mass is 16.3. The summed E-state index contributed by atoms with van der Waals surface area (Å²) in [5.41, 5.74) is 1.43. The van der Waals surface area contributed by atoms with Crippen molar-refractivity contribution in [1.29, 1.82) is 0 Å². The van der Waals surface area contributed by atoms with E-state index in [4.69, 9.17) is 0 Å². The van der Waals surface area contributed by atoms with Crippen LogP contribution in [0.2, 0.25) is 0 Å². The minimum absolute atomic E-state index is 0.0225. The second-order valence-corrected chi connectivity index (χ2v) is 3.75. The normalized spacial score (nSPS) is 10.3. The van der Waals surface area contributed by atoms with Gasteiger partial charge in [0, 0.05) is 25.2 Å². The van der Waals surface area contributed by atoms with Gasteiger partial charge in [0.05, 0.1) is 0 Å². The zero-order valence-electron chi connectivity index (χ0n) is 9.05. The first-order valence-corrected chi connectivity index (χ1v) is 5.10. The molecule has 3 heteroatoms. The van der Waals surface area contributed by atoms with Crippen molar-refractivity contribution in [3.63, 3.8) is 0 Å². The van der Waals surface area contributed by atoms with E-state index in [-0.39, 0.29) is 11.3 Å². The van der Waals surface area contributed by atoms with Gasteiger partial charge in [0.15, 0.2) is 0 Å². The molecule has 1 heterocycles. The van der Waals surface area contributed by atoms with E-state index in [0.29, 0.717) is 12.0 Å². The summed E-state index contributed by atoms with van der Waals surface area (Å²) in [4.78, 5) is 11.8. The van der Waals surface area contributed by atoms with Crippen LogP contribution in [0.1, 0.15) is 11.1 Å². The number of hydrogen-bond acceptors (Lipinski definition) is 2. The van der Waals surface area contributed by atoms with Crippen molar-refractivity contribution in [1.82, 2.24) is 4.57 Å². The van der Waals surface area contributed by atoms with E-state index in [0.717, 1.165) is 5.56 Å². The van der Waals surface area contributed by atoms with Crippen LogP contribution in [0, 0.1) is 0 Å². The molecule has 0 aliphatic heterocycles. The van der Waals surface area contributed by atoms with Crippen molar-refractivity contribution in [2.45, 2.75) is 6.42 Å². The molecule has 2 aromatic rings.